The molecule has 3 amide bonds. The van der Waals surface area contributed by atoms with Crippen molar-refractivity contribution in [1.29, 1.82) is 0 Å². The number of carboxylic acids is 1. The van der Waals surface area contributed by atoms with E-state index in [0.29, 0.717) is 30.6 Å². The highest BCUT2D eigenvalue weighted by molar-refractivity contribution is 5.94. The van der Waals surface area contributed by atoms with Gasteiger partial charge in [-0.2, -0.15) is 0 Å². The molecule has 1 aromatic carbocycles. The lowest BCUT2D eigenvalue weighted by molar-refractivity contribution is -0.142. The molecule has 0 aliphatic rings. The number of carboxylic acid groups (broad SMARTS) is 1. The first kappa shape index (κ1) is 30.4. The van der Waals surface area contributed by atoms with E-state index in [1.165, 1.54) is 19.4 Å². The second kappa shape index (κ2) is 15.4. The molecule has 0 saturated heterocycles. The first-order chi connectivity index (χ1) is 18.1. The summed E-state index contributed by atoms with van der Waals surface area (Å²) in [7, 11) is 0. The Morgan fingerprint density at radius 1 is 0.974 bits per heavy atom. The topological polar surface area (TPSA) is 226 Å². The zero-order chi connectivity index (χ0) is 28.1. The minimum atomic E-state index is -1.42. The number of nitrogens with two attached hydrogens (primary N) is 2. The smallest absolute Gasteiger partial charge is 0.326 e. The first-order valence-electron chi connectivity index (χ1n) is 12.4. The number of aromatic amines is 1. The summed E-state index contributed by atoms with van der Waals surface area (Å²) in [4.78, 5) is 57.3. The Morgan fingerprint density at radius 2 is 1.66 bits per heavy atom. The van der Waals surface area contributed by atoms with Crippen molar-refractivity contribution in [3.8, 4) is 0 Å². The van der Waals surface area contributed by atoms with Crippen LogP contribution in [0.25, 0.3) is 0 Å². The van der Waals surface area contributed by atoms with Crippen molar-refractivity contribution < 1.29 is 29.4 Å². The SMILES string of the molecule is CC(O)C(NC(=O)C(N)Cc1cnc[nH]1)C(=O)NC(Cc1ccccc1)C(=O)NC(CCCCN)C(=O)O. The van der Waals surface area contributed by atoms with Gasteiger partial charge in [-0.15, -0.1) is 0 Å². The predicted molar refractivity (Wildman–Crippen MR) is 138 cm³/mol. The number of carbonyl (C=O) groups excluding carboxylic acids is 3. The van der Waals surface area contributed by atoms with Crippen LogP contribution in [0, 0.1) is 0 Å². The molecule has 5 unspecified atom stereocenters. The van der Waals surface area contributed by atoms with Gasteiger partial charge in [0.15, 0.2) is 0 Å². The summed E-state index contributed by atoms with van der Waals surface area (Å²) in [5.74, 6) is -3.43. The quantitative estimate of drug-likeness (QED) is 0.119. The van der Waals surface area contributed by atoms with Crippen LogP contribution < -0.4 is 27.4 Å². The Bertz CT molecular complexity index is 1030. The van der Waals surface area contributed by atoms with Crippen LogP contribution in [0.2, 0.25) is 0 Å². The fourth-order valence-corrected chi connectivity index (χ4v) is 3.73. The Hall–Kier alpha value is -3.81. The van der Waals surface area contributed by atoms with Crippen LogP contribution in [0.15, 0.2) is 42.9 Å². The molecule has 0 bridgehead atoms. The van der Waals surface area contributed by atoms with Crippen LogP contribution in [0.3, 0.4) is 0 Å². The number of aliphatic hydroxyl groups is 1. The van der Waals surface area contributed by atoms with Crippen molar-refractivity contribution in [3.63, 3.8) is 0 Å². The summed E-state index contributed by atoms with van der Waals surface area (Å²) < 4.78 is 0. The van der Waals surface area contributed by atoms with Crippen LogP contribution in [0.5, 0.6) is 0 Å². The summed E-state index contributed by atoms with van der Waals surface area (Å²) in [6.45, 7) is 1.71. The highest BCUT2D eigenvalue weighted by Gasteiger charge is 2.32. The molecule has 0 aliphatic heterocycles. The lowest BCUT2D eigenvalue weighted by atomic mass is 10.0. The van der Waals surface area contributed by atoms with E-state index in [2.05, 4.69) is 25.9 Å². The number of nitrogens with one attached hydrogen (secondary N) is 4. The van der Waals surface area contributed by atoms with Crippen molar-refractivity contribution in [2.24, 2.45) is 11.5 Å². The van der Waals surface area contributed by atoms with Gasteiger partial charge in [0.05, 0.1) is 18.5 Å². The van der Waals surface area contributed by atoms with Gasteiger partial charge in [0.1, 0.15) is 18.1 Å². The van der Waals surface area contributed by atoms with E-state index in [4.69, 9.17) is 11.5 Å². The number of imidazole rings is 1. The molecule has 38 heavy (non-hydrogen) atoms. The second-order valence-corrected chi connectivity index (χ2v) is 9.05. The average molecular weight is 532 g/mol. The summed E-state index contributed by atoms with van der Waals surface area (Å²) in [6.07, 6.45) is 3.08. The minimum absolute atomic E-state index is 0.0490. The van der Waals surface area contributed by atoms with Gasteiger partial charge in [-0.05, 0) is 38.3 Å². The molecular weight excluding hydrogens is 494 g/mol. The molecule has 10 N–H and O–H groups in total. The van der Waals surface area contributed by atoms with Crippen LogP contribution in [-0.4, -0.2) is 80.7 Å². The summed E-state index contributed by atoms with van der Waals surface area (Å²) >= 11 is 0. The van der Waals surface area contributed by atoms with Gasteiger partial charge in [0.2, 0.25) is 17.7 Å². The Morgan fingerprint density at radius 3 is 2.24 bits per heavy atom. The maximum absolute atomic E-state index is 13.1. The molecule has 0 fully saturated rings. The molecule has 2 aromatic rings. The van der Waals surface area contributed by atoms with E-state index in [1.54, 1.807) is 30.3 Å². The van der Waals surface area contributed by atoms with Gasteiger partial charge in [-0.25, -0.2) is 9.78 Å². The number of rotatable bonds is 16. The Balaban J connectivity index is 2.15. The van der Waals surface area contributed by atoms with E-state index >= 15 is 0 Å². The van der Waals surface area contributed by atoms with E-state index < -0.39 is 54.0 Å². The zero-order valence-electron chi connectivity index (χ0n) is 21.3. The standard InChI is InChI=1S/C25H37N7O6/c1-15(33)21(32-22(34)18(27)12-17-13-28-14-29-17)24(36)31-20(11-16-7-3-2-4-8-16)23(35)30-19(25(37)38)9-5-6-10-26/h2-4,7-8,13-15,18-21,33H,5-6,9-12,26-27H2,1H3,(H,28,29)(H,30,35)(H,31,36)(H,32,34)(H,37,38). The van der Waals surface area contributed by atoms with Crippen LogP contribution >= 0.6 is 0 Å². The van der Waals surface area contributed by atoms with Crippen molar-refractivity contribution in [2.75, 3.05) is 6.54 Å². The minimum Gasteiger partial charge on any atom is -0.480 e. The second-order valence-electron chi connectivity index (χ2n) is 9.05. The number of aliphatic hydroxyl groups excluding tert-OH is 1. The summed E-state index contributed by atoms with van der Waals surface area (Å²) in [5.41, 5.74) is 12.7. The third-order valence-electron chi connectivity index (χ3n) is 5.87. The highest BCUT2D eigenvalue weighted by Crippen LogP contribution is 2.08. The lowest BCUT2D eigenvalue weighted by Gasteiger charge is -2.26. The van der Waals surface area contributed by atoms with Crippen LogP contribution in [0.1, 0.15) is 37.4 Å². The molecule has 0 spiro atoms. The largest absolute Gasteiger partial charge is 0.480 e. The van der Waals surface area contributed by atoms with E-state index in [9.17, 15) is 29.4 Å². The molecule has 13 heteroatoms. The number of unbranched alkanes of at least 4 members (excludes halogenated alkanes) is 1. The van der Waals surface area contributed by atoms with Crippen molar-refractivity contribution in [1.82, 2.24) is 25.9 Å². The molecular formula is C25H37N7O6. The molecule has 13 nitrogen and oxygen atoms in total. The number of hydrogen-bond acceptors (Lipinski definition) is 8. The third-order valence-corrected chi connectivity index (χ3v) is 5.87. The first-order valence-corrected chi connectivity index (χ1v) is 12.4. The number of aliphatic carboxylic acids is 1. The maximum atomic E-state index is 13.1. The number of nitrogens with zero attached hydrogens (tertiary/aromatic N) is 1. The number of amides is 3. The van der Waals surface area contributed by atoms with Crippen LogP contribution in [0.4, 0.5) is 0 Å². The highest BCUT2D eigenvalue weighted by atomic mass is 16.4. The molecule has 0 radical (unpaired) electrons. The molecule has 5 atom stereocenters. The van der Waals surface area contributed by atoms with Crippen molar-refractivity contribution in [3.05, 3.63) is 54.1 Å². The van der Waals surface area contributed by atoms with Gasteiger partial charge in [0.25, 0.3) is 0 Å². The number of aromatic nitrogens is 2. The van der Waals surface area contributed by atoms with Gasteiger partial charge in [-0.3, -0.25) is 14.4 Å². The van der Waals surface area contributed by atoms with Gasteiger partial charge in [0, 0.05) is 24.7 Å². The monoisotopic (exact) mass is 531 g/mol. The van der Waals surface area contributed by atoms with E-state index in [0.717, 1.165) is 0 Å². The normalized spacial score (nSPS) is 14.9. The Labute approximate surface area is 220 Å². The number of carbonyl (C=O) groups is 4. The summed E-state index contributed by atoms with van der Waals surface area (Å²) in [5, 5.41) is 27.2. The molecule has 2 rings (SSSR count). The van der Waals surface area contributed by atoms with Crippen molar-refractivity contribution in [2.45, 2.75) is 69.3 Å². The average Bonchev–Trinajstić information content (AvgIpc) is 3.39. The third kappa shape index (κ3) is 9.92. The Kier molecular flexibility index (Phi) is 12.4. The number of H-pyrrole nitrogens is 1. The fourth-order valence-electron chi connectivity index (χ4n) is 3.73. The fraction of sp³-hybridized carbons (Fsp3) is 0.480. The number of benzene rings is 1. The molecule has 1 heterocycles. The molecule has 0 saturated carbocycles. The molecule has 1 aromatic heterocycles. The number of hydrogen-bond donors (Lipinski definition) is 8. The van der Waals surface area contributed by atoms with Crippen LogP contribution in [-0.2, 0) is 32.0 Å². The summed E-state index contributed by atoms with van der Waals surface area (Å²) in [6, 6.07) is 4.03. The van der Waals surface area contributed by atoms with Gasteiger partial charge < -0.3 is 42.6 Å². The molecule has 0 aliphatic carbocycles. The van der Waals surface area contributed by atoms with Crippen molar-refractivity contribution >= 4 is 23.7 Å². The van der Waals surface area contributed by atoms with E-state index in [1.807, 2.05) is 0 Å². The van der Waals surface area contributed by atoms with E-state index in [-0.39, 0.29) is 19.3 Å². The predicted octanol–water partition coefficient (Wildman–Crippen LogP) is -1.43. The molecule has 208 valence electrons. The maximum Gasteiger partial charge on any atom is 0.326 e. The van der Waals surface area contributed by atoms with Gasteiger partial charge >= 0.3 is 5.97 Å². The van der Waals surface area contributed by atoms with Gasteiger partial charge in [-0.1, -0.05) is 30.3 Å². The lowest BCUT2D eigenvalue weighted by Crippen LogP contribution is -2.60. The zero-order valence-corrected chi connectivity index (χ0v) is 21.3.